The van der Waals surface area contributed by atoms with E-state index in [0.29, 0.717) is 29.5 Å². The maximum atomic E-state index is 14.0. The highest BCUT2D eigenvalue weighted by Crippen LogP contribution is 2.28. The molecule has 2 N–H and O–H groups in total. The first-order valence-electron chi connectivity index (χ1n) is 9.07. The summed E-state index contributed by atoms with van der Waals surface area (Å²) in [5.41, 5.74) is 0.628. The van der Waals surface area contributed by atoms with Gasteiger partial charge in [-0.15, -0.1) is 0 Å². The third-order valence-electron chi connectivity index (χ3n) is 4.60. The Morgan fingerprint density at radius 3 is 2.32 bits per heavy atom. The van der Waals surface area contributed by atoms with Crippen molar-refractivity contribution in [3.8, 4) is 11.4 Å². The largest absolute Gasteiger partial charge is 0.351 e. The predicted molar refractivity (Wildman–Crippen MR) is 101 cm³/mol. The summed E-state index contributed by atoms with van der Waals surface area (Å²) in [5.74, 6) is -2.54. The van der Waals surface area contributed by atoms with Crippen molar-refractivity contribution in [1.82, 2.24) is 15.0 Å². The van der Waals surface area contributed by atoms with Gasteiger partial charge in [0.05, 0.1) is 11.4 Å². The van der Waals surface area contributed by atoms with E-state index in [0.717, 1.165) is 25.7 Å². The van der Waals surface area contributed by atoms with E-state index in [2.05, 4.69) is 25.6 Å². The maximum Gasteiger partial charge on any atom is 0.225 e. The van der Waals surface area contributed by atoms with Gasteiger partial charge >= 0.3 is 0 Å². The molecule has 3 aromatic rings. The Morgan fingerprint density at radius 2 is 1.64 bits per heavy atom. The highest BCUT2D eigenvalue weighted by Gasteiger charge is 2.18. The van der Waals surface area contributed by atoms with E-state index in [9.17, 15) is 13.2 Å². The van der Waals surface area contributed by atoms with Crippen molar-refractivity contribution in [2.24, 2.45) is 0 Å². The van der Waals surface area contributed by atoms with Gasteiger partial charge in [0.15, 0.2) is 11.6 Å². The van der Waals surface area contributed by atoms with Gasteiger partial charge in [0.1, 0.15) is 17.3 Å². The van der Waals surface area contributed by atoms with E-state index in [-0.39, 0.29) is 11.9 Å². The Balaban J connectivity index is 1.71. The van der Waals surface area contributed by atoms with Gasteiger partial charge in [-0.05, 0) is 25.0 Å². The standard InChI is InChI=1S/C20H18F3N5/c21-12-9-14(22)19(15(23)10-12)27-18-11-17(16-7-3-4-8-24-16)26-20(28-18)25-13-5-1-2-6-13/h3-4,7-11,13H,1-2,5-6H2,(H2,25,26,27,28). The van der Waals surface area contributed by atoms with Crippen molar-refractivity contribution in [3.63, 3.8) is 0 Å². The molecule has 0 aliphatic heterocycles. The van der Waals surface area contributed by atoms with E-state index in [1.807, 2.05) is 6.07 Å². The third-order valence-corrected chi connectivity index (χ3v) is 4.60. The van der Waals surface area contributed by atoms with Crippen molar-refractivity contribution in [2.45, 2.75) is 31.7 Å². The molecule has 5 nitrogen and oxygen atoms in total. The molecular weight excluding hydrogens is 367 g/mol. The topological polar surface area (TPSA) is 62.7 Å². The number of rotatable bonds is 5. The van der Waals surface area contributed by atoms with Crippen LogP contribution in [0.25, 0.3) is 11.4 Å². The van der Waals surface area contributed by atoms with Crippen LogP contribution in [0.2, 0.25) is 0 Å². The number of anilines is 3. The molecular formula is C20H18F3N5. The molecule has 1 fully saturated rings. The predicted octanol–water partition coefficient (Wildman–Crippen LogP) is 5.05. The molecule has 144 valence electrons. The minimum absolute atomic E-state index is 0.181. The summed E-state index contributed by atoms with van der Waals surface area (Å²) in [7, 11) is 0. The maximum absolute atomic E-state index is 14.0. The number of nitrogens with one attached hydrogen (secondary N) is 2. The summed E-state index contributed by atoms with van der Waals surface area (Å²) in [6, 6.07) is 8.42. The van der Waals surface area contributed by atoms with Crippen LogP contribution in [0.15, 0.2) is 42.6 Å². The lowest BCUT2D eigenvalue weighted by Crippen LogP contribution is -2.17. The molecule has 0 bridgehead atoms. The van der Waals surface area contributed by atoms with Crippen LogP contribution in [0.1, 0.15) is 25.7 Å². The first-order valence-corrected chi connectivity index (χ1v) is 9.07. The van der Waals surface area contributed by atoms with Gasteiger partial charge in [-0.1, -0.05) is 18.9 Å². The summed E-state index contributed by atoms with van der Waals surface area (Å²) >= 11 is 0. The Kier molecular flexibility index (Phi) is 5.10. The summed E-state index contributed by atoms with van der Waals surface area (Å²) < 4.78 is 41.2. The highest BCUT2D eigenvalue weighted by atomic mass is 19.1. The number of halogens is 3. The van der Waals surface area contributed by atoms with Crippen LogP contribution in [0.4, 0.5) is 30.6 Å². The lowest BCUT2D eigenvalue weighted by molar-refractivity contribution is 0.548. The first-order chi connectivity index (χ1) is 13.6. The quantitative estimate of drug-likeness (QED) is 0.643. The molecule has 0 amide bonds. The second-order valence-electron chi connectivity index (χ2n) is 6.67. The van der Waals surface area contributed by atoms with E-state index in [4.69, 9.17) is 0 Å². The van der Waals surface area contributed by atoms with Crippen LogP contribution < -0.4 is 10.6 Å². The minimum atomic E-state index is -1.04. The van der Waals surface area contributed by atoms with Crippen LogP contribution in [0, 0.1) is 17.5 Å². The molecule has 8 heteroatoms. The molecule has 0 atom stereocenters. The van der Waals surface area contributed by atoms with Gasteiger partial charge in [-0.25, -0.2) is 18.2 Å². The Hall–Kier alpha value is -3.16. The van der Waals surface area contributed by atoms with E-state index < -0.39 is 23.1 Å². The summed E-state index contributed by atoms with van der Waals surface area (Å²) in [6.45, 7) is 0. The number of nitrogens with zero attached hydrogens (tertiary/aromatic N) is 3. The number of benzene rings is 1. The first kappa shape index (κ1) is 18.2. The zero-order valence-corrected chi connectivity index (χ0v) is 14.9. The van der Waals surface area contributed by atoms with E-state index >= 15 is 0 Å². The van der Waals surface area contributed by atoms with Crippen molar-refractivity contribution in [3.05, 3.63) is 60.0 Å². The zero-order valence-electron chi connectivity index (χ0n) is 14.9. The fourth-order valence-electron chi connectivity index (χ4n) is 3.26. The van der Waals surface area contributed by atoms with Crippen molar-refractivity contribution < 1.29 is 13.2 Å². The van der Waals surface area contributed by atoms with Crippen LogP contribution >= 0.6 is 0 Å². The second kappa shape index (κ2) is 7.84. The van der Waals surface area contributed by atoms with Gasteiger partial charge in [0.25, 0.3) is 0 Å². The van der Waals surface area contributed by atoms with Gasteiger partial charge < -0.3 is 10.6 Å². The molecule has 0 radical (unpaired) electrons. The van der Waals surface area contributed by atoms with Crippen LogP contribution in [0.3, 0.4) is 0 Å². The zero-order chi connectivity index (χ0) is 19.5. The molecule has 2 aromatic heterocycles. The van der Waals surface area contributed by atoms with Crippen molar-refractivity contribution in [2.75, 3.05) is 10.6 Å². The third kappa shape index (κ3) is 4.05. The highest BCUT2D eigenvalue weighted by molar-refractivity contribution is 5.65. The van der Waals surface area contributed by atoms with Gasteiger partial charge in [-0.2, -0.15) is 4.98 Å². The van der Waals surface area contributed by atoms with Gasteiger partial charge in [-0.3, -0.25) is 4.98 Å². The normalized spacial score (nSPS) is 14.2. The number of hydrogen-bond donors (Lipinski definition) is 2. The lowest BCUT2D eigenvalue weighted by Gasteiger charge is -2.15. The Labute approximate surface area is 160 Å². The number of aromatic nitrogens is 3. The molecule has 2 heterocycles. The fraction of sp³-hybridized carbons (Fsp3) is 0.250. The fourth-order valence-corrected chi connectivity index (χ4v) is 3.26. The summed E-state index contributed by atoms with van der Waals surface area (Å²) in [5, 5.41) is 5.89. The molecule has 0 saturated heterocycles. The molecule has 1 aromatic carbocycles. The molecule has 1 aliphatic carbocycles. The van der Waals surface area contributed by atoms with Crippen molar-refractivity contribution in [1.29, 1.82) is 0 Å². The second-order valence-corrected chi connectivity index (χ2v) is 6.67. The smallest absolute Gasteiger partial charge is 0.225 e. The van der Waals surface area contributed by atoms with Crippen LogP contribution in [-0.2, 0) is 0 Å². The number of pyridine rings is 1. The van der Waals surface area contributed by atoms with Crippen LogP contribution in [-0.4, -0.2) is 21.0 Å². The van der Waals surface area contributed by atoms with Gasteiger partial charge in [0.2, 0.25) is 5.95 Å². The van der Waals surface area contributed by atoms with Crippen LogP contribution in [0.5, 0.6) is 0 Å². The summed E-state index contributed by atoms with van der Waals surface area (Å²) in [4.78, 5) is 13.1. The minimum Gasteiger partial charge on any atom is -0.351 e. The molecule has 0 spiro atoms. The average molecular weight is 385 g/mol. The molecule has 4 rings (SSSR count). The SMILES string of the molecule is Fc1cc(F)c(Nc2cc(-c3ccccn3)nc(NC3CCCC3)n2)c(F)c1. The molecule has 1 saturated carbocycles. The van der Waals surface area contributed by atoms with Gasteiger partial charge in [0, 0.05) is 30.4 Å². The average Bonchev–Trinajstić information content (AvgIpc) is 3.18. The Bertz CT molecular complexity index is 952. The van der Waals surface area contributed by atoms with E-state index in [1.54, 1.807) is 24.4 Å². The molecule has 1 aliphatic rings. The Morgan fingerprint density at radius 1 is 0.893 bits per heavy atom. The summed E-state index contributed by atoms with van der Waals surface area (Å²) in [6.07, 6.45) is 5.93. The lowest BCUT2D eigenvalue weighted by atomic mass is 10.2. The number of hydrogen-bond acceptors (Lipinski definition) is 5. The molecule has 28 heavy (non-hydrogen) atoms. The molecule has 0 unspecified atom stereocenters. The van der Waals surface area contributed by atoms with E-state index in [1.165, 1.54) is 0 Å². The monoisotopic (exact) mass is 385 g/mol. The van der Waals surface area contributed by atoms with Crippen molar-refractivity contribution >= 4 is 17.5 Å².